The number of benzene rings is 2. The summed E-state index contributed by atoms with van der Waals surface area (Å²) in [6.07, 6.45) is 0.779. The number of hydrogen-bond acceptors (Lipinski definition) is 4. The summed E-state index contributed by atoms with van der Waals surface area (Å²) in [7, 11) is 0. The van der Waals surface area contributed by atoms with Crippen LogP contribution in [0.25, 0.3) is 0 Å². The van der Waals surface area contributed by atoms with Gasteiger partial charge in [0, 0.05) is 5.69 Å². The molecule has 0 aliphatic rings. The molecule has 0 radical (unpaired) electrons. The zero-order chi connectivity index (χ0) is 14.5. The molecule has 0 aliphatic carbocycles. The van der Waals surface area contributed by atoms with Crippen molar-refractivity contribution in [2.24, 2.45) is 5.73 Å². The average Bonchev–Trinajstić information content (AvgIpc) is 2.44. The predicted octanol–water partition coefficient (Wildman–Crippen LogP) is 1.85. The second-order valence-electron chi connectivity index (χ2n) is 4.39. The molecule has 0 aromatic heterocycles. The van der Waals surface area contributed by atoms with Crippen molar-refractivity contribution in [3.8, 4) is 11.5 Å². The lowest BCUT2D eigenvalue weighted by Crippen LogP contribution is -2.12. The molecule has 104 valence electrons. The highest BCUT2D eigenvalue weighted by Crippen LogP contribution is 2.23. The van der Waals surface area contributed by atoms with E-state index in [1.54, 1.807) is 12.1 Å². The van der Waals surface area contributed by atoms with Gasteiger partial charge in [-0.25, -0.2) is 0 Å². The monoisotopic (exact) mass is 272 g/mol. The Labute approximate surface area is 116 Å². The third kappa shape index (κ3) is 3.27. The van der Waals surface area contributed by atoms with Crippen LogP contribution in [0.3, 0.4) is 0 Å². The minimum atomic E-state index is -0.482. The fourth-order valence-corrected chi connectivity index (χ4v) is 1.83. The van der Waals surface area contributed by atoms with Crippen molar-refractivity contribution in [1.29, 1.82) is 0 Å². The van der Waals surface area contributed by atoms with Crippen LogP contribution in [0, 0.1) is 0 Å². The Morgan fingerprint density at radius 2 is 1.80 bits per heavy atom. The number of nitrogens with one attached hydrogen (secondary N) is 1. The highest BCUT2D eigenvalue weighted by Gasteiger charge is 2.12. The van der Waals surface area contributed by atoms with Crippen LogP contribution in [0.1, 0.15) is 15.9 Å². The SMILES string of the molecule is NCCc1ccc(NC(=O)c2cc(O)ccc2O)cc1. The highest BCUT2D eigenvalue weighted by molar-refractivity contribution is 6.06. The molecule has 1 amide bonds. The van der Waals surface area contributed by atoms with Crippen LogP contribution >= 0.6 is 0 Å². The van der Waals surface area contributed by atoms with Gasteiger partial charge < -0.3 is 21.3 Å². The van der Waals surface area contributed by atoms with Crippen molar-refractivity contribution in [3.05, 3.63) is 53.6 Å². The third-order valence-electron chi connectivity index (χ3n) is 2.87. The first-order valence-electron chi connectivity index (χ1n) is 6.22. The normalized spacial score (nSPS) is 10.2. The van der Waals surface area contributed by atoms with Gasteiger partial charge in [-0.15, -0.1) is 0 Å². The number of phenolic OH excluding ortho intramolecular Hbond substituents is 2. The van der Waals surface area contributed by atoms with Gasteiger partial charge >= 0.3 is 0 Å². The summed E-state index contributed by atoms with van der Waals surface area (Å²) in [4.78, 5) is 12.0. The number of aromatic hydroxyl groups is 2. The second-order valence-corrected chi connectivity index (χ2v) is 4.39. The quantitative estimate of drug-likeness (QED) is 0.639. The minimum Gasteiger partial charge on any atom is -0.508 e. The van der Waals surface area contributed by atoms with E-state index in [0.29, 0.717) is 12.2 Å². The van der Waals surface area contributed by atoms with E-state index < -0.39 is 5.91 Å². The summed E-state index contributed by atoms with van der Waals surface area (Å²) in [5, 5.41) is 21.6. The van der Waals surface area contributed by atoms with E-state index in [1.807, 2.05) is 12.1 Å². The van der Waals surface area contributed by atoms with Crippen LogP contribution in [-0.2, 0) is 6.42 Å². The van der Waals surface area contributed by atoms with Gasteiger partial charge in [0.1, 0.15) is 11.5 Å². The van der Waals surface area contributed by atoms with E-state index in [1.165, 1.54) is 18.2 Å². The van der Waals surface area contributed by atoms with Crippen LogP contribution in [0.15, 0.2) is 42.5 Å². The Hall–Kier alpha value is -2.53. The molecule has 0 saturated heterocycles. The summed E-state index contributed by atoms with van der Waals surface area (Å²) in [6, 6.07) is 11.1. The van der Waals surface area contributed by atoms with Gasteiger partial charge in [-0.1, -0.05) is 12.1 Å². The topological polar surface area (TPSA) is 95.6 Å². The number of phenols is 2. The molecule has 0 spiro atoms. The Morgan fingerprint density at radius 1 is 1.10 bits per heavy atom. The van der Waals surface area contributed by atoms with Gasteiger partial charge in [0.25, 0.3) is 5.91 Å². The Bertz CT molecular complexity index is 609. The van der Waals surface area contributed by atoms with E-state index in [9.17, 15) is 15.0 Å². The van der Waals surface area contributed by atoms with Crippen molar-refractivity contribution in [1.82, 2.24) is 0 Å². The molecular formula is C15H16N2O3. The van der Waals surface area contributed by atoms with Gasteiger partial charge in [0.05, 0.1) is 5.56 Å². The first-order valence-corrected chi connectivity index (χ1v) is 6.22. The van der Waals surface area contributed by atoms with Crippen molar-refractivity contribution in [2.45, 2.75) is 6.42 Å². The van der Waals surface area contributed by atoms with E-state index in [0.717, 1.165) is 12.0 Å². The molecule has 0 aliphatic heterocycles. The van der Waals surface area contributed by atoms with Crippen molar-refractivity contribution >= 4 is 11.6 Å². The van der Waals surface area contributed by atoms with Crippen LogP contribution < -0.4 is 11.1 Å². The molecule has 5 heteroatoms. The Balaban J connectivity index is 2.13. The van der Waals surface area contributed by atoms with Gasteiger partial charge in [-0.05, 0) is 48.9 Å². The maximum atomic E-state index is 12.0. The highest BCUT2D eigenvalue weighted by atomic mass is 16.3. The zero-order valence-corrected chi connectivity index (χ0v) is 10.8. The predicted molar refractivity (Wildman–Crippen MR) is 76.9 cm³/mol. The molecule has 0 saturated carbocycles. The Morgan fingerprint density at radius 3 is 2.45 bits per heavy atom. The molecule has 2 rings (SSSR count). The van der Waals surface area contributed by atoms with Crippen molar-refractivity contribution in [2.75, 3.05) is 11.9 Å². The molecule has 0 fully saturated rings. The van der Waals surface area contributed by atoms with Crippen LogP contribution in [0.5, 0.6) is 11.5 Å². The smallest absolute Gasteiger partial charge is 0.259 e. The first-order chi connectivity index (χ1) is 9.60. The number of carbonyl (C=O) groups is 1. The summed E-state index contributed by atoms with van der Waals surface area (Å²) in [5.41, 5.74) is 7.19. The minimum absolute atomic E-state index is 0.0241. The Kier molecular flexibility index (Phi) is 4.22. The molecule has 0 bridgehead atoms. The first kappa shape index (κ1) is 13.9. The fraction of sp³-hybridized carbons (Fsp3) is 0.133. The summed E-state index contributed by atoms with van der Waals surface area (Å²) in [6.45, 7) is 0.572. The van der Waals surface area contributed by atoms with Crippen molar-refractivity contribution < 1.29 is 15.0 Å². The van der Waals surface area contributed by atoms with E-state index >= 15 is 0 Å². The number of carbonyl (C=O) groups excluding carboxylic acids is 1. The molecular weight excluding hydrogens is 256 g/mol. The maximum Gasteiger partial charge on any atom is 0.259 e. The molecule has 0 atom stereocenters. The van der Waals surface area contributed by atoms with Gasteiger partial charge in [0.2, 0.25) is 0 Å². The number of hydrogen-bond donors (Lipinski definition) is 4. The van der Waals surface area contributed by atoms with E-state index in [2.05, 4.69) is 5.32 Å². The lowest BCUT2D eigenvalue weighted by molar-refractivity contribution is 0.102. The van der Waals surface area contributed by atoms with Gasteiger partial charge in [0.15, 0.2) is 0 Å². The van der Waals surface area contributed by atoms with Crippen LogP contribution in [-0.4, -0.2) is 22.7 Å². The van der Waals surface area contributed by atoms with E-state index in [-0.39, 0.29) is 17.1 Å². The molecule has 5 N–H and O–H groups in total. The summed E-state index contributed by atoms with van der Waals surface area (Å²) < 4.78 is 0. The van der Waals surface area contributed by atoms with Gasteiger partial charge in [-0.2, -0.15) is 0 Å². The summed E-state index contributed by atoms with van der Waals surface area (Å²) in [5.74, 6) is -0.740. The van der Waals surface area contributed by atoms with Crippen molar-refractivity contribution in [3.63, 3.8) is 0 Å². The molecule has 2 aromatic rings. The number of amides is 1. The fourth-order valence-electron chi connectivity index (χ4n) is 1.83. The lowest BCUT2D eigenvalue weighted by atomic mass is 10.1. The number of rotatable bonds is 4. The molecule has 0 heterocycles. The maximum absolute atomic E-state index is 12.0. The average molecular weight is 272 g/mol. The number of nitrogens with two attached hydrogens (primary N) is 1. The largest absolute Gasteiger partial charge is 0.508 e. The molecule has 2 aromatic carbocycles. The number of anilines is 1. The van der Waals surface area contributed by atoms with Crippen LogP contribution in [0.4, 0.5) is 5.69 Å². The van der Waals surface area contributed by atoms with Gasteiger partial charge in [-0.3, -0.25) is 4.79 Å². The molecule has 20 heavy (non-hydrogen) atoms. The summed E-state index contributed by atoms with van der Waals surface area (Å²) >= 11 is 0. The standard InChI is InChI=1S/C15H16N2O3/c16-8-7-10-1-3-11(4-2-10)17-15(20)13-9-12(18)5-6-14(13)19/h1-6,9,18-19H,7-8,16H2,(H,17,20). The van der Waals surface area contributed by atoms with E-state index in [4.69, 9.17) is 5.73 Å². The van der Waals surface area contributed by atoms with Crippen LogP contribution in [0.2, 0.25) is 0 Å². The third-order valence-corrected chi connectivity index (χ3v) is 2.87. The lowest BCUT2D eigenvalue weighted by Gasteiger charge is -2.08. The zero-order valence-electron chi connectivity index (χ0n) is 10.8. The molecule has 5 nitrogen and oxygen atoms in total. The molecule has 0 unspecified atom stereocenters. The second kappa shape index (κ2) is 6.08.